The van der Waals surface area contributed by atoms with E-state index in [1.54, 1.807) is 4.90 Å². The summed E-state index contributed by atoms with van der Waals surface area (Å²) in [6.45, 7) is 4.55. The molecule has 1 aromatic rings. The second-order valence-electron chi connectivity index (χ2n) is 4.17. The van der Waals surface area contributed by atoms with Crippen LogP contribution in [0.15, 0.2) is 24.3 Å². The summed E-state index contributed by atoms with van der Waals surface area (Å²) in [4.78, 5) is 14.3. The van der Waals surface area contributed by atoms with Gasteiger partial charge in [0.1, 0.15) is 0 Å². The summed E-state index contributed by atoms with van der Waals surface area (Å²) in [6.07, 6.45) is 1.82. The van der Waals surface area contributed by atoms with E-state index in [0.29, 0.717) is 6.54 Å². The Morgan fingerprint density at radius 3 is 2.44 bits per heavy atom. The van der Waals surface area contributed by atoms with Crippen molar-refractivity contribution in [3.63, 3.8) is 0 Å². The van der Waals surface area contributed by atoms with Gasteiger partial charge >= 0.3 is 0 Å². The topological polar surface area (TPSA) is 40.5 Å². The molecular weight excluding hydrogens is 341 g/mol. The maximum atomic E-state index is 12.5. The third kappa shape index (κ3) is 3.68. The fourth-order valence-corrected chi connectivity index (χ4v) is 2.69. The number of aliphatic hydroxyl groups is 1. The molecule has 4 heteroatoms. The zero-order valence-electron chi connectivity index (χ0n) is 10.9. The van der Waals surface area contributed by atoms with Crippen LogP contribution in [0, 0.1) is 3.57 Å². The fourth-order valence-electron chi connectivity index (χ4n) is 2.08. The van der Waals surface area contributed by atoms with Crippen molar-refractivity contribution < 1.29 is 9.90 Å². The van der Waals surface area contributed by atoms with Crippen molar-refractivity contribution in [2.75, 3.05) is 13.2 Å². The lowest BCUT2D eigenvalue weighted by molar-refractivity contribution is 0.0621. The molecule has 0 heterocycles. The molecule has 0 bridgehead atoms. The number of carbonyl (C=O) groups is 1. The van der Waals surface area contributed by atoms with Crippen LogP contribution in [0.5, 0.6) is 0 Å². The van der Waals surface area contributed by atoms with E-state index >= 15 is 0 Å². The van der Waals surface area contributed by atoms with Gasteiger partial charge in [-0.25, -0.2) is 0 Å². The Bertz CT molecular complexity index is 391. The Morgan fingerprint density at radius 2 is 1.94 bits per heavy atom. The van der Waals surface area contributed by atoms with Gasteiger partial charge in [0.25, 0.3) is 5.91 Å². The van der Waals surface area contributed by atoms with Crippen molar-refractivity contribution in [1.29, 1.82) is 0 Å². The molecule has 1 amide bonds. The number of halogens is 1. The van der Waals surface area contributed by atoms with Gasteiger partial charge in [-0.3, -0.25) is 4.79 Å². The van der Waals surface area contributed by atoms with Crippen molar-refractivity contribution >= 4 is 28.5 Å². The molecule has 0 radical (unpaired) electrons. The van der Waals surface area contributed by atoms with Crippen LogP contribution in [0.1, 0.15) is 37.0 Å². The van der Waals surface area contributed by atoms with Gasteiger partial charge in [-0.15, -0.1) is 0 Å². The predicted molar refractivity (Wildman–Crippen MR) is 81.7 cm³/mol. The third-order valence-electron chi connectivity index (χ3n) is 3.09. The zero-order chi connectivity index (χ0) is 13.5. The molecule has 0 unspecified atom stereocenters. The van der Waals surface area contributed by atoms with Gasteiger partial charge in [-0.05, 0) is 47.6 Å². The highest BCUT2D eigenvalue weighted by molar-refractivity contribution is 14.1. The molecule has 0 saturated heterocycles. The van der Waals surface area contributed by atoms with Crippen molar-refractivity contribution in [3.05, 3.63) is 33.4 Å². The van der Waals surface area contributed by atoms with Gasteiger partial charge in [-0.2, -0.15) is 0 Å². The van der Waals surface area contributed by atoms with E-state index in [4.69, 9.17) is 5.11 Å². The molecule has 18 heavy (non-hydrogen) atoms. The molecule has 0 aliphatic rings. The minimum absolute atomic E-state index is 0.00561. The largest absolute Gasteiger partial charge is 0.395 e. The van der Waals surface area contributed by atoms with E-state index in [1.165, 1.54) is 0 Å². The molecule has 0 aliphatic carbocycles. The number of benzene rings is 1. The number of carbonyl (C=O) groups excluding carboxylic acids is 1. The molecule has 0 saturated carbocycles. The van der Waals surface area contributed by atoms with Crippen LogP contribution in [-0.4, -0.2) is 35.1 Å². The Hall–Kier alpha value is -0.620. The summed E-state index contributed by atoms with van der Waals surface area (Å²) >= 11 is 2.17. The van der Waals surface area contributed by atoms with Gasteiger partial charge in [0.05, 0.1) is 12.2 Å². The number of hydrogen-bond acceptors (Lipinski definition) is 2. The van der Waals surface area contributed by atoms with Crippen molar-refractivity contribution in [2.45, 2.75) is 32.7 Å². The number of rotatable bonds is 6. The minimum atomic E-state index is 0.00561. The smallest absolute Gasteiger partial charge is 0.255 e. The highest BCUT2D eigenvalue weighted by Gasteiger charge is 2.23. The first-order chi connectivity index (χ1) is 8.65. The van der Waals surface area contributed by atoms with Crippen molar-refractivity contribution in [2.24, 2.45) is 0 Å². The molecule has 0 aliphatic heterocycles. The van der Waals surface area contributed by atoms with Crippen LogP contribution < -0.4 is 0 Å². The Balaban J connectivity index is 2.99. The lowest BCUT2D eigenvalue weighted by Gasteiger charge is -2.30. The number of hydrogen-bond donors (Lipinski definition) is 1. The quantitative estimate of drug-likeness (QED) is 0.792. The van der Waals surface area contributed by atoms with Crippen LogP contribution in [0.25, 0.3) is 0 Å². The molecule has 3 nitrogen and oxygen atoms in total. The minimum Gasteiger partial charge on any atom is -0.395 e. The van der Waals surface area contributed by atoms with Crippen molar-refractivity contribution in [3.8, 4) is 0 Å². The van der Waals surface area contributed by atoms with E-state index in [0.717, 1.165) is 22.0 Å². The summed E-state index contributed by atoms with van der Waals surface area (Å²) in [5.74, 6) is 0.0164. The molecule has 0 fully saturated rings. The fraction of sp³-hybridized carbons (Fsp3) is 0.500. The van der Waals surface area contributed by atoms with Crippen LogP contribution in [0.4, 0.5) is 0 Å². The highest BCUT2D eigenvalue weighted by Crippen LogP contribution is 2.17. The predicted octanol–water partition coefficient (Wildman–Crippen LogP) is 2.91. The zero-order valence-corrected chi connectivity index (χ0v) is 13.1. The Labute approximate surface area is 122 Å². The Morgan fingerprint density at radius 1 is 1.33 bits per heavy atom. The SMILES string of the molecule is CCC(CC)N(CCO)C(=O)c1ccccc1I. The third-order valence-corrected chi connectivity index (χ3v) is 4.03. The number of aliphatic hydroxyl groups excluding tert-OH is 1. The lowest BCUT2D eigenvalue weighted by Crippen LogP contribution is -2.41. The maximum Gasteiger partial charge on any atom is 0.255 e. The van der Waals surface area contributed by atoms with Gasteiger partial charge < -0.3 is 10.0 Å². The van der Waals surface area contributed by atoms with E-state index in [-0.39, 0.29) is 18.6 Å². The maximum absolute atomic E-state index is 12.5. The second kappa shape index (κ2) is 7.74. The first-order valence-corrected chi connectivity index (χ1v) is 7.39. The van der Waals surface area contributed by atoms with E-state index in [1.807, 2.05) is 24.3 Å². The lowest BCUT2D eigenvalue weighted by atomic mass is 10.1. The average molecular weight is 361 g/mol. The van der Waals surface area contributed by atoms with Crippen LogP contribution in [0.2, 0.25) is 0 Å². The molecule has 1 aromatic carbocycles. The molecule has 100 valence electrons. The summed E-state index contributed by atoms with van der Waals surface area (Å²) < 4.78 is 0.953. The number of amides is 1. The van der Waals surface area contributed by atoms with Crippen LogP contribution in [-0.2, 0) is 0 Å². The van der Waals surface area contributed by atoms with Gasteiger partial charge in [-0.1, -0.05) is 26.0 Å². The average Bonchev–Trinajstić information content (AvgIpc) is 2.39. The van der Waals surface area contributed by atoms with Crippen molar-refractivity contribution in [1.82, 2.24) is 4.90 Å². The van der Waals surface area contributed by atoms with Gasteiger partial charge in [0, 0.05) is 16.2 Å². The summed E-state index contributed by atoms with van der Waals surface area (Å²) in [6, 6.07) is 7.76. The van der Waals surface area contributed by atoms with Crippen LogP contribution in [0.3, 0.4) is 0 Å². The highest BCUT2D eigenvalue weighted by atomic mass is 127. The summed E-state index contributed by atoms with van der Waals surface area (Å²) in [7, 11) is 0. The van der Waals surface area contributed by atoms with E-state index in [2.05, 4.69) is 36.4 Å². The summed E-state index contributed by atoms with van der Waals surface area (Å²) in [5.41, 5.74) is 0.721. The molecular formula is C14H20INO2. The van der Waals surface area contributed by atoms with Gasteiger partial charge in [0.15, 0.2) is 0 Å². The first-order valence-electron chi connectivity index (χ1n) is 6.32. The monoisotopic (exact) mass is 361 g/mol. The molecule has 0 spiro atoms. The standard InChI is InChI=1S/C14H20INO2/c1-3-11(4-2)16(9-10-17)14(18)12-7-5-6-8-13(12)15/h5-8,11,17H,3-4,9-10H2,1-2H3. The van der Waals surface area contributed by atoms with E-state index in [9.17, 15) is 4.79 Å². The normalized spacial score (nSPS) is 10.7. The molecule has 0 aromatic heterocycles. The molecule has 1 rings (SSSR count). The van der Waals surface area contributed by atoms with Crippen LogP contribution >= 0.6 is 22.6 Å². The van der Waals surface area contributed by atoms with Gasteiger partial charge in [0.2, 0.25) is 0 Å². The molecule has 0 atom stereocenters. The Kier molecular flexibility index (Phi) is 6.63. The number of nitrogens with zero attached hydrogens (tertiary/aromatic N) is 1. The second-order valence-corrected chi connectivity index (χ2v) is 5.33. The molecule has 1 N–H and O–H groups in total. The first kappa shape index (κ1) is 15.4. The summed E-state index contributed by atoms with van der Waals surface area (Å²) in [5, 5.41) is 9.15. The van der Waals surface area contributed by atoms with E-state index < -0.39 is 0 Å².